The molecule has 0 saturated carbocycles. The maximum absolute atomic E-state index is 10.3. The molecule has 0 bridgehead atoms. The molecular formula is C8H12N2O. The van der Waals surface area contributed by atoms with Crippen molar-refractivity contribution < 1.29 is 4.79 Å². The van der Waals surface area contributed by atoms with Gasteiger partial charge >= 0.3 is 6.03 Å². The van der Waals surface area contributed by atoms with Crippen LogP contribution in [0.1, 0.15) is 6.92 Å². The predicted octanol–water partition coefficient (Wildman–Crippen LogP) is 1.30. The molecule has 3 heteroatoms. The van der Waals surface area contributed by atoms with Crippen LogP contribution in [0.15, 0.2) is 36.6 Å². The molecule has 0 radical (unpaired) electrons. The molecule has 60 valence electrons. The summed E-state index contributed by atoms with van der Waals surface area (Å²) in [6.07, 6.45) is 6.89. The Bertz CT molecular complexity index is 204. The van der Waals surface area contributed by atoms with Crippen molar-refractivity contribution in [2.24, 2.45) is 5.73 Å². The number of carbonyl (C=O) groups is 1. The van der Waals surface area contributed by atoms with E-state index in [2.05, 4.69) is 11.9 Å². The molecule has 0 aliphatic carbocycles. The van der Waals surface area contributed by atoms with E-state index in [1.165, 1.54) is 0 Å². The summed E-state index contributed by atoms with van der Waals surface area (Å²) in [5, 5.41) is 2.42. The van der Waals surface area contributed by atoms with Crippen molar-refractivity contribution >= 4 is 6.03 Å². The Morgan fingerprint density at radius 3 is 2.64 bits per heavy atom. The average Bonchev–Trinajstić information content (AvgIpc) is 1.86. The van der Waals surface area contributed by atoms with Gasteiger partial charge in [-0.1, -0.05) is 24.8 Å². The zero-order valence-electron chi connectivity index (χ0n) is 6.50. The van der Waals surface area contributed by atoms with E-state index in [0.29, 0.717) is 5.70 Å². The van der Waals surface area contributed by atoms with Gasteiger partial charge in [-0.25, -0.2) is 4.79 Å². The van der Waals surface area contributed by atoms with Crippen molar-refractivity contribution in [3.63, 3.8) is 0 Å². The average molecular weight is 152 g/mol. The van der Waals surface area contributed by atoms with Crippen LogP contribution in [0.2, 0.25) is 0 Å². The highest BCUT2D eigenvalue weighted by Crippen LogP contribution is 1.86. The number of nitrogens with two attached hydrogens (primary N) is 1. The molecule has 0 unspecified atom stereocenters. The van der Waals surface area contributed by atoms with E-state index in [-0.39, 0.29) is 0 Å². The van der Waals surface area contributed by atoms with Crippen molar-refractivity contribution in [1.29, 1.82) is 0 Å². The Kier molecular flexibility index (Phi) is 4.56. The van der Waals surface area contributed by atoms with Crippen LogP contribution < -0.4 is 11.1 Å². The fraction of sp³-hybridized carbons (Fsp3) is 0.125. The molecule has 3 nitrogen and oxygen atoms in total. The van der Waals surface area contributed by atoms with E-state index in [4.69, 9.17) is 5.73 Å². The lowest BCUT2D eigenvalue weighted by atomic mass is 10.4. The summed E-state index contributed by atoms with van der Waals surface area (Å²) in [5.41, 5.74) is 5.57. The van der Waals surface area contributed by atoms with E-state index in [9.17, 15) is 4.79 Å². The second kappa shape index (κ2) is 5.29. The molecule has 0 aromatic rings. The van der Waals surface area contributed by atoms with Crippen LogP contribution in [0.5, 0.6) is 0 Å². The lowest BCUT2D eigenvalue weighted by Gasteiger charge is -1.97. The summed E-state index contributed by atoms with van der Waals surface area (Å²) < 4.78 is 0. The van der Waals surface area contributed by atoms with E-state index in [1.807, 2.05) is 0 Å². The van der Waals surface area contributed by atoms with Crippen LogP contribution in [0.4, 0.5) is 4.79 Å². The molecule has 3 N–H and O–H groups in total. The summed E-state index contributed by atoms with van der Waals surface area (Å²) in [6.45, 7) is 5.24. The molecule has 0 rings (SSSR count). The number of urea groups is 1. The molecule has 0 atom stereocenters. The van der Waals surface area contributed by atoms with Gasteiger partial charge in [0.1, 0.15) is 0 Å². The number of nitrogens with one attached hydrogen (secondary N) is 1. The molecular weight excluding hydrogens is 140 g/mol. The third-order valence-electron chi connectivity index (χ3n) is 0.914. The van der Waals surface area contributed by atoms with Crippen LogP contribution in [-0.4, -0.2) is 6.03 Å². The number of primary amides is 1. The van der Waals surface area contributed by atoms with Crippen LogP contribution in [0, 0.1) is 0 Å². The minimum Gasteiger partial charge on any atom is -0.351 e. The van der Waals surface area contributed by atoms with E-state index < -0.39 is 6.03 Å². The monoisotopic (exact) mass is 152 g/mol. The van der Waals surface area contributed by atoms with Gasteiger partial charge in [-0.05, 0) is 13.0 Å². The third kappa shape index (κ3) is 6.37. The molecule has 0 aromatic carbocycles. The Labute approximate surface area is 66.3 Å². The summed E-state index contributed by atoms with van der Waals surface area (Å²) in [5.74, 6) is 0. The Morgan fingerprint density at radius 2 is 2.18 bits per heavy atom. The van der Waals surface area contributed by atoms with E-state index >= 15 is 0 Å². The fourth-order valence-corrected chi connectivity index (χ4v) is 0.514. The van der Waals surface area contributed by atoms with Gasteiger partial charge < -0.3 is 11.1 Å². The Hall–Kier alpha value is -1.51. The second-order valence-electron chi connectivity index (χ2n) is 1.96. The third-order valence-corrected chi connectivity index (χ3v) is 0.914. The van der Waals surface area contributed by atoms with Gasteiger partial charge in [0.2, 0.25) is 0 Å². The van der Waals surface area contributed by atoms with Crippen molar-refractivity contribution in [3.8, 4) is 0 Å². The maximum atomic E-state index is 10.3. The van der Waals surface area contributed by atoms with Gasteiger partial charge in [0.05, 0.1) is 0 Å². The quantitative estimate of drug-likeness (QED) is 0.588. The Morgan fingerprint density at radius 1 is 1.55 bits per heavy atom. The number of amides is 2. The van der Waals surface area contributed by atoms with Crippen molar-refractivity contribution in [1.82, 2.24) is 5.32 Å². The normalized spacial score (nSPS) is 11.5. The van der Waals surface area contributed by atoms with Crippen molar-refractivity contribution in [3.05, 3.63) is 36.6 Å². The number of allylic oxidation sites excluding steroid dienone is 5. The highest BCUT2D eigenvalue weighted by atomic mass is 16.2. The van der Waals surface area contributed by atoms with Gasteiger partial charge in [0.15, 0.2) is 0 Å². The predicted molar refractivity (Wildman–Crippen MR) is 45.8 cm³/mol. The van der Waals surface area contributed by atoms with Gasteiger partial charge in [0.25, 0.3) is 0 Å². The molecule has 0 heterocycles. The van der Waals surface area contributed by atoms with Crippen LogP contribution in [0.3, 0.4) is 0 Å². The molecule has 0 aliphatic rings. The van der Waals surface area contributed by atoms with E-state index in [0.717, 1.165) is 0 Å². The maximum Gasteiger partial charge on any atom is 0.316 e. The van der Waals surface area contributed by atoms with Crippen LogP contribution in [0.25, 0.3) is 0 Å². The summed E-state index contributed by atoms with van der Waals surface area (Å²) in [7, 11) is 0. The summed E-state index contributed by atoms with van der Waals surface area (Å²) in [4.78, 5) is 10.3. The highest BCUT2D eigenvalue weighted by molar-refractivity contribution is 5.73. The first-order valence-electron chi connectivity index (χ1n) is 3.19. The number of carbonyl (C=O) groups excluding carboxylic acids is 1. The lowest BCUT2D eigenvalue weighted by molar-refractivity contribution is 0.251. The first kappa shape index (κ1) is 9.49. The van der Waals surface area contributed by atoms with Gasteiger partial charge in [-0.15, -0.1) is 0 Å². The largest absolute Gasteiger partial charge is 0.351 e. The first-order chi connectivity index (χ1) is 5.16. The van der Waals surface area contributed by atoms with Gasteiger partial charge in [-0.3, -0.25) is 0 Å². The van der Waals surface area contributed by atoms with Crippen LogP contribution in [-0.2, 0) is 0 Å². The van der Waals surface area contributed by atoms with Crippen molar-refractivity contribution in [2.45, 2.75) is 6.92 Å². The van der Waals surface area contributed by atoms with Gasteiger partial charge in [0, 0.05) is 5.70 Å². The summed E-state index contributed by atoms with van der Waals surface area (Å²) in [6, 6.07) is -0.550. The molecule has 0 aliphatic heterocycles. The highest BCUT2D eigenvalue weighted by Gasteiger charge is 1.88. The topological polar surface area (TPSA) is 55.1 Å². The molecule has 0 fully saturated rings. The zero-order valence-corrected chi connectivity index (χ0v) is 6.50. The minimum atomic E-state index is -0.550. The molecule has 11 heavy (non-hydrogen) atoms. The number of hydrogen-bond acceptors (Lipinski definition) is 1. The second-order valence-corrected chi connectivity index (χ2v) is 1.96. The van der Waals surface area contributed by atoms with E-state index in [1.54, 1.807) is 31.2 Å². The SMILES string of the molecule is C=C/C=C\C=C(/C)NC(N)=O. The van der Waals surface area contributed by atoms with Gasteiger partial charge in [-0.2, -0.15) is 0 Å². The molecule has 2 amide bonds. The van der Waals surface area contributed by atoms with Crippen molar-refractivity contribution in [2.75, 3.05) is 0 Å². The molecule has 0 saturated heterocycles. The molecule has 0 aromatic heterocycles. The number of hydrogen-bond donors (Lipinski definition) is 2. The smallest absolute Gasteiger partial charge is 0.316 e. The standard InChI is InChI=1S/C8H12N2O/c1-3-4-5-6-7(2)10-8(9)11/h3-6H,1H2,2H3,(H3,9,10,11)/b5-4-,7-6+. The molecule has 0 spiro atoms. The summed E-state index contributed by atoms with van der Waals surface area (Å²) >= 11 is 0. The first-order valence-corrected chi connectivity index (χ1v) is 3.19. The van der Waals surface area contributed by atoms with Crippen LogP contribution >= 0.6 is 0 Å². The minimum absolute atomic E-state index is 0.550. The fourth-order valence-electron chi connectivity index (χ4n) is 0.514. The Balaban J connectivity index is 3.90. The lowest BCUT2D eigenvalue weighted by Crippen LogP contribution is -2.27. The number of rotatable bonds is 3. The zero-order chi connectivity index (χ0) is 8.69.